The summed E-state index contributed by atoms with van der Waals surface area (Å²) in [5.41, 5.74) is 4.95. The second kappa shape index (κ2) is 11.0. The van der Waals surface area contributed by atoms with Crippen LogP contribution in [-0.2, 0) is 6.54 Å². The monoisotopic (exact) mass is 537 g/mol. The molecule has 3 saturated heterocycles. The molecule has 3 fully saturated rings. The van der Waals surface area contributed by atoms with Gasteiger partial charge in [-0.15, -0.1) is 0 Å². The van der Waals surface area contributed by atoms with Crippen molar-refractivity contribution in [2.75, 3.05) is 24.5 Å². The lowest BCUT2D eigenvalue weighted by atomic mass is 9.82. The van der Waals surface area contributed by atoms with Crippen LogP contribution in [0.4, 0.5) is 10.5 Å². The molecule has 8 nitrogen and oxygen atoms in total. The maximum Gasteiger partial charge on any atom is 0.419 e. The average Bonchev–Trinajstić information content (AvgIpc) is 3.30. The van der Waals surface area contributed by atoms with Crippen LogP contribution >= 0.6 is 0 Å². The lowest BCUT2D eigenvalue weighted by Gasteiger charge is -2.48. The summed E-state index contributed by atoms with van der Waals surface area (Å²) < 4.78 is 6.87. The summed E-state index contributed by atoms with van der Waals surface area (Å²) in [6.07, 6.45) is 6.35. The number of allylic oxidation sites excluding steroid dienone is 1. The van der Waals surface area contributed by atoms with Gasteiger partial charge >= 0.3 is 11.8 Å². The van der Waals surface area contributed by atoms with E-state index in [0.717, 1.165) is 55.5 Å². The highest BCUT2D eigenvalue weighted by Crippen LogP contribution is 2.39. The highest BCUT2D eigenvalue weighted by Gasteiger charge is 2.40. The fraction of sp³-hybridized carbons (Fsp3) is 0.281. The van der Waals surface area contributed by atoms with Crippen LogP contribution in [0.1, 0.15) is 35.2 Å². The smallest absolute Gasteiger partial charge is 0.419 e. The minimum Gasteiger partial charge on any atom is -0.465 e. The van der Waals surface area contributed by atoms with E-state index in [1.54, 1.807) is 27.7 Å². The molecule has 3 aromatic carbocycles. The second-order valence-electron chi connectivity index (χ2n) is 10.6. The Kier molecular flexibility index (Phi) is 7.09. The first kappa shape index (κ1) is 25.8. The number of nitrogens with zero attached hydrogens (tertiary/aromatic N) is 3. The number of carbonyl (C=O) groups excluding carboxylic acids is 1. The van der Waals surface area contributed by atoms with E-state index in [9.17, 15) is 19.5 Å². The number of aldehydes is 1. The Balaban J connectivity index is 1.29. The summed E-state index contributed by atoms with van der Waals surface area (Å²) in [4.78, 5) is 40.2. The first-order valence-corrected chi connectivity index (χ1v) is 13.7. The minimum atomic E-state index is -0.930. The van der Waals surface area contributed by atoms with E-state index in [2.05, 4.69) is 4.90 Å². The molecule has 0 saturated carbocycles. The number of oxazole rings is 1. The molecule has 204 valence electrons. The van der Waals surface area contributed by atoms with Crippen LogP contribution in [0.2, 0.25) is 0 Å². The number of amides is 1. The molecule has 8 heteroatoms. The number of rotatable bonds is 8. The number of benzene rings is 3. The highest BCUT2D eigenvalue weighted by molar-refractivity contribution is 5.94. The molecular formula is C32H31N3O5. The molecule has 1 atom stereocenters. The molecule has 3 aliphatic rings. The third kappa shape index (κ3) is 4.98. The predicted octanol–water partition coefficient (Wildman–Crippen LogP) is 5.76. The van der Waals surface area contributed by atoms with E-state index in [4.69, 9.17) is 4.42 Å². The fourth-order valence-electron chi connectivity index (χ4n) is 6.15. The number of fused-ring (bicyclic) bond motifs is 4. The molecule has 4 heterocycles. The molecule has 3 aliphatic heterocycles. The molecule has 4 aromatic rings. The number of aromatic nitrogens is 1. The first-order valence-electron chi connectivity index (χ1n) is 13.7. The minimum absolute atomic E-state index is 0.0809. The van der Waals surface area contributed by atoms with Crippen molar-refractivity contribution in [3.8, 4) is 11.1 Å². The number of hydrogen-bond acceptors (Lipinski definition) is 5. The second-order valence-corrected chi connectivity index (χ2v) is 10.6. The van der Waals surface area contributed by atoms with Gasteiger partial charge in [0, 0.05) is 24.2 Å². The third-order valence-corrected chi connectivity index (χ3v) is 8.18. The summed E-state index contributed by atoms with van der Waals surface area (Å²) in [5.74, 6) is -0.106. The van der Waals surface area contributed by atoms with Gasteiger partial charge in [0.2, 0.25) is 0 Å². The largest absolute Gasteiger partial charge is 0.465 e. The van der Waals surface area contributed by atoms with Crippen molar-refractivity contribution in [1.82, 2.24) is 9.47 Å². The van der Waals surface area contributed by atoms with E-state index in [1.165, 1.54) is 0 Å². The molecule has 1 N–H and O–H groups in total. The van der Waals surface area contributed by atoms with Gasteiger partial charge in [0.15, 0.2) is 5.58 Å². The average molecular weight is 538 g/mol. The molecule has 1 amide bonds. The summed E-state index contributed by atoms with van der Waals surface area (Å²) in [5, 5.41) is 10.5. The molecule has 40 heavy (non-hydrogen) atoms. The number of aryl methyl sites for hydroxylation is 1. The van der Waals surface area contributed by atoms with Crippen molar-refractivity contribution in [3.63, 3.8) is 0 Å². The Morgan fingerprint density at radius 2 is 1.80 bits per heavy atom. The van der Waals surface area contributed by atoms with Gasteiger partial charge < -0.3 is 14.4 Å². The maximum atomic E-state index is 12.8. The molecule has 0 radical (unpaired) electrons. The Morgan fingerprint density at radius 1 is 1.02 bits per heavy atom. The van der Waals surface area contributed by atoms with Gasteiger partial charge in [0.1, 0.15) is 6.29 Å². The zero-order valence-electron chi connectivity index (χ0n) is 22.1. The van der Waals surface area contributed by atoms with Gasteiger partial charge in [0.25, 0.3) is 0 Å². The first-order chi connectivity index (χ1) is 19.5. The summed E-state index contributed by atoms with van der Waals surface area (Å²) in [7, 11) is 0. The van der Waals surface area contributed by atoms with Crippen molar-refractivity contribution in [2.45, 2.75) is 31.8 Å². The van der Waals surface area contributed by atoms with Gasteiger partial charge in [-0.2, -0.15) is 0 Å². The normalized spacial score (nSPS) is 20.2. The highest BCUT2D eigenvalue weighted by atomic mass is 16.4. The third-order valence-electron chi connectivity index (χ3n) is 8.18. The van der Waals surface area contributed by atoms with Crippen LogP contribution in [0.3, 0.4) is 0 Å². The Labute approximate surface area is 231 Å². The Hall–Kier alpha value is -4.43. The van der Waals surface area contributed by atoms with Crippen molar-refractivity contribution in [2.24, 2.45) is 5.92 Å². The molecule has 1 aromatic heterocycles. The van der Waals surface area contributed by atoms with Gasteiger partial charge in [-0.3, -0.25) is 14.3 Å². The SMILES string of the molecule is O=Cc1ccc2c(c1)oc(=O)n2CCC=Cc1ccc(-c2ccccc2)c(N(C(=O)O)[C@H]2CN3CCC2CC3)c1. The maximum absolute atomic E-state index is 12.8. The number of carboxylic acid groups (broad SMARTS) is 1. The van der Waals surface area contributed by atoms with Crippen molar-refractivity contribution in [3.05, 3.63) is 94.5 Å². The topological polar surface area (TPSA) is 96.0 Å². The summed E-state index contributed by atoms with van der Waals surface area (Å²) in [6.45, 7) is 3.25. The van der Waals surface area contributed by atoms with Gasteiger partial charge in [0.05, 0.1) is 17.2 Å². The molecule has 0 aliphatic carbocycles. The van der Waals surface area contributed by atoms with Crippen LogP contribution < -0.4 is 10.7 Å². The Morgan fingerprint density at radius 3 is 2.50 bits per heavy atom. The van der Waals surface area contributed by atoms with Crippen LogP contribution in [-0.4, -0.2) is 52.6 Å². The molecule has 0 spiro atoms. The lowest BCUT2D eigenvalue weighted by Crippen LogP contribution is -2.59. The molecule has 7 rings (SSSR count). The number of piperidine rings is 3. The number of hydrogen-bond donors (Lipinski definition) is 1. The Bertz CT molecular complexity index is 1630. The van der Waals surface area contributed by atoms with Crippen LogP contribution in [0.5, 0.6) is 0 Å². The van der Waals surface area contributed by atoms with Crippen LogP contribution in [0.25, 0.3) is 28.3 Å². The molecular weight excluding hydrogens is 506 g/mol. The predicted molar refractivity (Wildman–Crippen MR) is 155 cm³/mol. The molecule has 0 unspecified atom stereocenters. The quantitative estimate of drug-likeness (QED) is 0.287. The van der Waals surface area contributed by atoms with E-state index < -0.39 is 11.8 Å². The van der Waals surface area contributed by atoms with E-state index in [0.29, 0.717) is 41.2 Å². The van der Waals surface area contributed by atoms with E-state index in [1.807, 2.05) is 60.7 Å². The number of carbonyl (C=O) groups is 2. The van der Waals surface area contributed by atoms with Gasteiger partial charge in [-0.1, -0.05) is 54.6 Å². The van der Waals surface area contributed by atoms with Crippen molar-refractivity contribution < 1.29 is 19.1 Å². The van der Waals surface area contributed by atoms with E-state index >= 15 is 0 Å². The zero-order valence-corrected chi connectivity index (χ0v) is 22.1. The molecule has 2 bridgehead atoms. The van der Waals surface area contributed by atoms with Gasteiger partial charge in [-0.05, 0) is 73.7 Å². The van der Waals surface area contributed by atoms with Gasteiger partial charge in [-0.25, -0.2) is 9.59 Å². The van der Waals surface area contributed by atoms with Crippen LogP contribution in [0, 0.1) is 5.92 Å². The fourth-order valence-corrected chi connectivity index (χ4v) is 6.15. The summed E-state index contributed by atoms with van der Waals surface area (Å²) in [6, 6.07) is 20.7. The summed E-state index contributed by atoms with van der Waals surface area (Å²) >= 11 is 0. The van der Waals surface area contributed by atoms with E-state index in [-0.39, 0.29) is 6.04 Å². The lowest BCUT2D eigenvalue weighted by molar-refractivity contribution is 0.0838. The number of anilines is 1. The zero-order chi connectivity index (χ0) is 27.6. The van der Waals surface area contributed by atoms with Crippen LogP contribution in [0.15, 0.2) is 82.0 Å². The van der Waals surface area contributed by atoms with Crippen molar-refractivity contribution >= 4 is 35.2 Å². The van der Waals surface area contributed by atoms with Crippen molar-refractivity contribution in [1.29, 1.82) is 0 Å². The standard InChI is InChI=1S/C32H31N3O5/c36-21-23-10-12-27-30(19-23)40-32(39)34(27)15-5-4-6-22-9-11-26(24-7-2-1-3-8-24)28(18-22)35(31(37)38)29-20-33-16-13-25(29)14-17-33/h1-4,6-12,18-19,21,25,29H,5,13-17,20H2,(H,37,38)/t29-/m0/s1.